The van der Waals surface area contributed by atoms with Gasteiger partial charge in [-0.25, -0.2) is 9.97 Å². The topological polar surface area (TPSA) is 50.7 Å². The Morgan fingerprint density at radius 3 is 2.60 bits per heavy atom. The van der Waals surface area contributed by atoms with Crippen LogP contribution in [0.15, 0.2) is 18.5 Å². The molecule has 0 atom stereocenters. The van der Waals surface area contributed by atoms with Crippen molar-refractivity contribution >= 4 is 28.4 Å². The van der Waals surface area contributed by atoms with Gasteiger partial charge in [-0.05, 0) is 54.0 Å². The summed E-state index contributed by atoms with van der Waals surface area (Å²) in [6, 6.07) is 2.00. The molecule has 0 unspecified atom stereocenters. The van der Waals surface area contributed by atoms with Crippen LogP contribution < -0.4 is 5.32 Å². The van der Waals surface area contributed by atoms with E-state index in [0.29, 0.717) is 0 Å². The number of halogens is 1. The molecule has 20 heavy (non-hydrogen) atoms. The van der Waals surface area contributed by atoms with Crippen molar-refractivity contribution in [2.45, 2.75) is 33.6 Å². The molecule has 1 N–H and O–H groups in total. The van der Waals surface area contributed by atoms with Gasteiger partial charge in [0.15, 0.2) is 5.82 Å². The van der Waals surface area contributed by atoms with Crippen molar-refractivity contribution in [3.05, 3.63) is 33.3 Å². The highest BCUT2D eigenvalue weighted by Crippen LogP contribution is 2.26. The molecule has 2 aromatic rings. The lowest BCUT2D eigenvalue weighted by Crippen LogP contribution is -2.08. The fourth-order valence-corrected chi connectivity index (χ4v) is 2.87. The number of hydrogen-bond acceptors (Lipinski definition) is 4. The van der Waals surface area contributed by atoms with Crippen LogP contribution in [0.1, 0.15) is 32.0 Å². The maximum Gasteiger partial charge on any atom is 0.162 e. The van der Waals surface area contributed by atoms with E-state index >= 15 is 0 Å². The van der Waals surface area contributed by atoms with E-state index < -0.39 is 0 Å². The van der Waals surface area contributed by atoms with Crippen LogP contribution in [0.25, 0.3) is 11.4 Å². The maximum atomic E-state index is 4.73. The Kier molecular flexibility index (Phi) is 5.28. The predicted octanol–water partition coefficient (Wildman–Crippen LogP) is 3.70. The summed E-state index contributed by atoms with van der Waals surface area (Å²) in [4.78, 5) is 13.6. The average molecular weight is 382 g/mol. The molecule has 0 aromatic carbocycles. The molecule has 2 rings (SSSR count). The van der Waals surface area contributed by atoms with Crippen molar-refractivity contribution in [2.75, 3.05) is 11.9 Å². The summed E-state index contributed by atoms with van der Waals surface area (Å²) in [7, 11) is 0. The van der Waals surface area contributed by atoms with Crippen LogP contribution in [-0.2, 0) is 12.8 Å². The molecule has 0 saturated carbocycles. The third-order valence-electron chi connectivity index (χ3n) is 3.12. The van der Waals surface area contributed by atoms with Crippen LogP contribution in [0.4, 0.5) is 5.82 Å². The van der Waals surface area contributed by atoms with Gasteiger partial charge in [0.2, 0.25) is 0 Å². The van der Waals surface area contributed by atoms with Crippen molar-refractivity contribution in [3.8, 4) is 11.4 Å². The molecule has 2 heterocycles. The standard InChI is InChI=1S/C15H19IN4/c1-4-10-9-17-8-7-11(10)14-19-12(5-2)13(16)15(20-14)18-6-3/h7-9H,4-6H2,1-3H3,(H,18,19,20). The maximum absolute atomic E-state index is 4.73. The average Bonchev–Trinajstić information content (AvgIpc) is 2.49. The monoisotopic (exact) mass is 382 g/mol. The van der Waals surface area contributed by atoms with E-state index in [9.17, 15) is 0 Å². The highest BCUT2D eigenvalue weighted by Gasteiger charge is 2.13. The molecule has 0 bridgehead atoms. The Morgan fingerprint density at radius 2 is 1.95 bits per heavy atom. The fraction of sp³-hybridized carbons (Fsp3) is 0.400. The minimum atomic E-state index is 0.789. The summed E-state index contributed by atoms with van der Waals surface area (Å²) in [5, 5.41) is 3.32. The van der Waals surface area contributed by atoms with Gasteiger partial charge in [0.1, 0.15) is 5.82 Å². The Hall–Kier alpha value is -1.24. The lowest BCUT2D eigenvalue weighted by molar-refractivity contribution is 0.976. The molecule has 0 aliphatic carbocycles. The number of hydrogen-bond donors (Lipinski definition) is 1. The summed E-state index contributed by atoms with van der Waals surface area (Å²) < 4.78 is 1.11. The molecule has 5 heteroatoms. The molecular formula is C15H19IN4. The number of pyridine rings is 1. The molecule has 0 aliphatic heterocycles. The van der Waals surface area contributed by atoms with Gasteiger partial charge >= 0.3 is 0 Å². The third-order valence-corrected chi connectivity index (χ3v) is 4.26. The lowest BCUT2D eigenvalue weighted by atomic mass is 10.1. The van der Waals surface area contributed by atoms with Crippen LogP contribution in [-0.4, -0.2) is 21.5 Å². The number of aryl methyl sites for hydroxylation is 2. The number of aromatic nitrogens is 3. The van der Waals surface area contributed by atoms with Crippen molar-refractivity contribution in [3.63, 3.8) is 0 Å². The first-order chi connectivity index (χ1) is 9.71. The highest BCUT2D eigenvalue weighted by molar-refractivity contribution is 14.1. The summed E-state index contributed by atoms with van der Waals surface area (Å²) in [6.07, 6.45) is 5.53. The van der Waals surface area contributed by atoms with E-state index in [4.69, 9.17) is 9.97 Å². The van der Waals surface area contributed by atoms with E-state index in [2.05, 4.69) is 53.7 Å². The first-order valence-electron chi connectivity index (χ1n) is 6.94. The Labute approximate surface area is 133 Å². The Bertz CT molecular complexity index is 598. The van der Waals surface area contributed by atoms with E-state index in [1.54, 1.807) is 6.20 Å². The van der Waals surface area contributed by atoms with Gasteiger partial charge in [0.05, 0.1) is 9.26 Å². The molecule has 0 radical (unpaired) electrons. The highest BCUT2D eigenvalue weighted by atomic mass is 127. The number of anilines is 1. The predicted molar refractivity (Wildman–Crippen MR) is 90.9 cm³/mol. The van der Waals surface area contributed by atoms with Gasteiger partial charge in [0.25, 0.3) is 0 Å². The molecular weight excluding hydrogens is 363 g/mol. The third kappa shape index (κ3) is 3.08. The molecule has 2 aromatic heterocycles. The molecule has 0 aliphatic rings. The normalized spacial score (nSPS) is 10.6. The molecule has 0 amide bonds. The zero-order chi connectivity index (χ0) is 14.5. The quantitative estimate of drug-likeness (QED) is 0.802. The summed E-state index contributed by atoms with van der Waals surface area (Å²) >= 11 is 2.32. The van der Waals surface area contributed by atoms with E-state index in [0.717, 1.165) is 45.9 Å². The van der Waals surface area contributed by atoms with Crippen molar-refractivity contribution in [1.29, 1.82) is 0 Å². The summed E-state index contributed by atoms with van der Waals surface area (Å²) in [6.45, 7) is 7.18. The Balaban J connectivity index is 2.59. The van der Waals surface area contributed by atoms with Crippen LogP contribution >= 0.6 is 22.6 Å². The summed E-state index contributed by atoms with van der Waals surface area (Å²) in [5.41, 5.74) is 3.34. The van der Waals surface area contributed by atoms with Crippen molar-refractivity contribution in [2.24, 2.45) is 0 Å². The number of nitrogens with zero attached hydrogens (tertiary/aromatic N) is 3. The number of rotatable bonds is 5. The second-order valence-corrected chi connectivity index (χ2v) is 5.51. The Morgan fingerprint density at radius 1 is 1.15 bits per heavy atom. The lowest BCUT2D eigenvalue weighted by Gasteiger charge is -2.13. The number of nitrogens with one attached hydrogen (secondary N) is 1. The fourth-order valence-electron chi connectivity index (χ4n) is 2.06. The van der Waals surface area contributed by atoms with Crippen molar-refractivity contribution < 1.29 is 0 Å². The summed E-state index contributed by atoms with van der Waals surface area (Å²) in [5.74, 6) is 1.71. The van der Waals surface area contributed by atoms with Crippen molar-refractivity contribution in [1.82, 2.24) is 15.0 Å². The van der Waals surface area contributed by atoms with Gasteiger partial charge < -0.3 is 5.32 Å². The van der Waals surface area contributed by atoms with Gasteiger partial charge in [-0.2, -0.15) is 0 Å². The van der Waals surface area contributed by atoms with Crippen LogP contribution in [0.5, 0.6) is 0 Å². The van der Waals surface area contributed by atoms with Gasteiger partial charge in [-0.15, -0.1) is 0 Å². The van der Waals surface area contributed by atoms with Gasteiger partial charge in [0, 0.05) is 24.5 Å². The van der Waals surface area contributed by atoms with Gasteiger partial charge in [-0.1, -0.05) is 13.8 Å². The van der Waals surface area contributed by atoms with E-state index in [-0.39, 0.29) is 0 Å². The second kappa shape index (κ2) is 6.97. The molecule has 4 nitrogen and oxygen atoms in total. The molecule has 0 spiro atoms. The van der Waals surface area contributed by atoms with E-state index in [1.165, 1.54) is 5.56 Å². The minimum Gasteiger partial charge on any atom is -0.369 e. The smallest absolute Gasteiger partial charge is 0.162 e. The van der Waals surface area contributed by atoms with Crippen LogP contribution in [0, 0.1) is 3.57 Å². The van der Waals surface area contributed by atoms with E-state index in [1.807, 2.05) is 12.3 Å². The SMILES string of the molecule is CCNc1nc(-c2ccncc2CC)nc(CC)c1I. The first-order valence-corrected chi connectivity index (χ1v) is 8.02. The molecule has 0 saturated heterocycles. The first kappa shape index (κ1) is 15.2. The zero-order valence-corrected chi connectivity index (χ0v) is 14.2. The van der Waals surface area contributed by atoms with Crippen LogP contribution in [0.2, 0.25) is 0 Å². The minimum absolute atomic E-state index is 0.789. The largest absolute Gasteiger partial charge is 0.369 e. The van der Waals surface area contributed by atoms with Crippen LogP contribution in [0.3, 0.4) is 0 Å². The van der Waals surface area contributed by atoms with Gasteiger partial charge in [-0.3, -0.25) is 4.98 Å². The molecule has 106 valence electrons. The second-order valence-electron chi connectivity index (χ2n) is 4.43. The molecule has 0 fully saturated rings. The zero-order valence-electron chi connectivity index (χ0n) is 12.1.